The van der Waals surface area contributed by atoms with Crippen LogP contribution in [0.3, 0.4) is 0 Å². The standard InChI is InChI=1S/C14H27NO7/c1-11(2)10-12(13(16)17)15-14(18)22-9-8-21-7-6-20-5-4-19-3/h11-12H,4-10H2,1-3H3,(H,15,18)(H,16,17). The first-order valence-corrected chi connectivity index (χ1v) is 7.27. The van der Waals surface area contributed by atoms with Gasteiger partial charge in [-0.2, -0.15) is 0 Å². The first kappa shape index (κ1) is 20.6. The molecule has 0 saturated heterocycles. The lowest BCUT2D eigenvalue weighted by Crippen LogP contribution is -2.42. The predicted octanol–water partition coefficient (Wildman–Crippen LogP) is 0.892. The van der Waals surface area contributed by atoms with Crippen LogP contribution in [0, 0.1) is 5.92 Å². The molecule has 1 atom stereocenters. The van der Waals surface area contributed by atoms with Gasteiger partial charge in [0.25, 0.3) is 0 Å². The van der Waals surface area contributed by atoms with Crippen LogP contribution < -0.4 is 5.32 Å². The van der Waals surface area contributed by atoms with Crippen molar-refractivity contribution in [3.8, 4) is 0 Å². The molecule has 0 saturated carbocycles. The molecule has 0 aromatic rings. The number of alkyl carbamates (subject to hydrolysis) is 1. The topological polar surface area (TPSA) is 103 Å². The third-order valence-corrected chi connectivity index (χ3v) is 2.56. The van der Waals surface area contributed by atoms with Crippen LogP contribution in [-0.4, -0.2) is 70.0 Å². The minimum absolute atomic E-state index is 0.0535. The zero-order valence-corrected chi connectivity index (χ0v) is 13.5. The highest BCUT2D eigenvalue weighted by molar-refractivity contribution is 5.79. The maximum Gasteiger partial charge on any atom is 0.407 e. The summed E-state index contributed by atoms with van der Waals surface area (Å²) in [6, 6.07) is -0.942. The maximum absolute atomic E-state index is 11.5. The number of carboxylic acid groups (broad SMARTS) is 1. The summed E-state index contributed by atoms with van der Waals surface area (Å²) in [6.45, 7) is 5.90. The lowest BCUT2D eigenvalue weighted by molar-refractivity contribution is -0.139. The fraction of sp³-hybridized carbons (Fsp3) is 0.857. The zero-order chi connectivity index (χ0) is 16.8. The fourth-order valence-electron chi connectivity index (χ4n) is 1.53. The number of ether oxygens (including phenoxy) is 4. The third-order valence-electron chi connectivity index (χ3n) is 2.56. The Morgan fingerprint density at radius 2 is 1.55 bits per heavy atom. The molecule has 0 aliphatic carbocycles. The molecule has 8 nitrogen and oxygen atoms in total. The molecule has 0 bridgehead atoms. The molecule has 2 N–H and O–H groups in total. The highest BCUT2D eigenvalue weighted by Crippen LogP contribution is 2.05. The van der Waals surface area contributed by atoms with E-state index in [1.165, 1.54) is 0 Å². The number of carbonyl (C=O) groups excluding carboxylic acids is 1. The van der Waals surface area contributed by atoms with Crippen molar-refractivity contribution < 1.29 is 33.6 Å². The van der Waals surface area contributed by atoms with E-state index in [-0.39, 0.29) is 19.1 Å². The van der Waals surface area contributed by atoms with Gasteiger partial charge in [0.1, 0.15) is 12.6 Å². The molecule has 0 rings (SSSR count). The number of nitrogens with one attached hydrogen (secondary N) is 1. The minimum atomic E-state index is -1.07. The summed E-state index contributed by atoms with van der Waals surface area (Å²) in [7, 11) is 1.60. The Kier molecular flexibility index (Phi) is 12.5. The summed E-state index contributed by atoms with van der Waals surface area (Å²) in [5, 5.41) is 11.3. The van der Waals surface area contributed by atoms with E-state index in [4.69, 9.17) is 24.1 Å². The van der Waals surface area contributed by atoms with Crippen molar-refractivity contribution in [3.05, 3.63) is 0 Å². The molecular formula is C14H27NO7. The summed E-state index contributed by atoms with van der Waals surface area (Å²) in [6.07, 6.45) is -0.410. The zero-order valence-electron chi connectivity index (χ0n) is 13.5. The van der Waals surface area contributed by atoms with Crippen LogP contribution in [0.2, 0.25) is 0 Å². The lowest BCUT2D eigenvalue weighted by atomic mass is 10.0. The molecule has 22 heavy (non-hydrogen) atoms. The van der Waals surface area contributed by atoms with E-state index in [9.17, 15) is 9.59 Å². The molecule has 1 amide bonds. The number of rotatable bonds is 13. The number of carboxylic acids is 1. The van der Waals surface area contributed by atoms with Crippen molar-refractivity contribution in [2.24, 2.45) is 5.92 Å². The Morgan fingerprint density at radius 1 is 1.00 bits per heavy atom. The van der Waals surface area contributed by atoms with Crippen LogP contribution in [0.5, 0.6) is 0 Å². The van der Waals surface area contributed by atoms with E-state index in [1.54, 1.807) is 7.11 Å². The SMILES string of the molecule is COCCOCCOCCOC(=O)NC(CC(C)C)C(=O)O. The summed E-state index contributed by atoms with van der Waals surface area (Å²) >= 11 is 0. The summed E-state index contributed by atoms with van der Waals surface area (Å²) < 4.78 is 20.0. The van der Waals surface area contributed by atoms with E-state index < -0.39 is 18.1 Å². The molecule has 0 spiro atoms. The van der Waals surface area contributed by atoms with Crippen molar-refractivity contribution in [1.29, 1.82) is 0 Å². The van der Waals surface area contributed by atoms with Gasteiger partial charge in [-0.25, -0.2) is 9.59 Å². The van der Waals surface area contributed by atoms with Gasteiger partial charge in [-0.15, -0.1) is 0 Å². The number of hydrogen-bond donors (Lipinski definition) is 2. The molecule has 0 fully saturated rings. The lowest BCUT2D eigenvalue weighted by Gasteiger charge is -2.16. The molecule has 0 heterocycles. The van der Waals surface area contributed by atoms with Gasteiger partial charge in [-0.3, -0.25) is 0 Å². The van der Waals surface area contributed by atoms with E-state index in [2.05, 4.69) is 5.32 Å². The third kappa shape index (κ3) is 12.4. The second-order valence-electron chi connectivity index (χ2n) is 5.02. The quantitative estimate of drug-likeness (QED) is 0.486. The molecule has 0 aromatic heterocycles. The van der Waals surface area contributed by atoms with Gasteiger partial charge in [0, 0.05) is 7.11 Å². The van der Waals surface area contributed by atoms with Gasteiger partial charge < -0.3 is 29.4 Å². The Balaban J connectivity index is 3.61. The first-order valence-electron chi connectivity index (χ1n) is 7.27. The van der Waals surface area contributed by atoms with E-state index >= 15 is 0 Å². The van der Waals surface area contributed by atoms with E-state index in [0.29, 0.717) is 32.8 Å². The van der Waals surface area contributed by atoms with Crippen LogP contribution in [0.15, 0.2) is 0 Å². The second-order valence-corrected chi connectivity index (χ2v) is 5.02. The van der Waals surface area contributed by atoms with Crippen molar-refractivity contribution in [2.45, 2.75) is 26.3 Å². The fourth-order valence-corrected chi connectivity index (χ4v) is 1.53. The van der Waals surface area contributed by atoms with Gasteiger partial charge in [-0.05, 0) is 12.3 Å². The van der Waals surface area contributed by atoms with Crippen LogP contribution in [-0.2, 0) is 23.7 Å². The number of methoxy groups -OCH3 is 1. The van der Waals surface area contributed by atoms with Gasteiger partial charge in [0.2, 0.25) is 0 Å². The van der Waals surface area contributed by atoms with Gasteiger partial charge >= 0.3 is 12.1 Å². The number of hydrogen-bond acceptors (Lipinski definition) is 6. The Hall–Kier alpha value is -1.38. The highest BCUT2D eigenvalue weighted by atomic mass is 16.6. The van der Waals surface area contributed by atoms with Crippen LogP contribution in [0.25, 0.3) is 0 Å². The second kappa shape index (κ2) is 13.3. The van der Waals surface area contributed by atoms with Crippen molar-refractivity contribution in [1.82, 2.24) is 5.32 Å². The van der Waals surface area contributed by atoms with Gasteiger partial charge in [0.15, 0.2) is 0 Å². The first-order chi connectivity index (χ1) is 10.5. The molecule has 1 unspecified atom stereocenters. The van der Waals surface area contributed by atoms with Gasteiger partial charge in [-0.1, -0.05) is 13.8 Å². The average Bonchev–Trinajstić information content (AvgIpc) is 2.44. The van der Waals surface area contributed by atoms with Crippen LogP contribution >= 0.6 is 0 Å². The molecule has 0 aliphatic rings. The summed E-state index contributed by atoms with van der Waals surface area (Å²) in [5.41, 5.74) is 0. The smallest absolute Gasteiger partial charge is 0.407 e. The summed E-state index contributed by atoms with van der Waals surface area (Å²) in [4.78, 5) is 22.4. The number of aliphatic carboxylic acids is 1. The van der Waals surface area contributed by atoms with Crippen LogP contribution in [0.1, 0.15) is 20.3 Å². The Morgan fingerprint density at radius 3 is 2.05 bits per heavy atom. The average molecular weight is 321 g/mol. The molecule has 0 aromatic carbocycles. The van der Waals surface area contributed by atoms with E-state index in [1.807, 2.05) is 13.8 Å². The van der Waals surface area contributed by atoms with Crippen LogP contribution in [0.4, 0.5) is 4.79 Å². The Labute approximate surface area is 131 Å². The number of amides is 1. The number of carbonyl (C=O) groups is 2. The highest BCUT2D eigenvalue weighted by Gasteiger charge is 2.21. The molecule has 130 valence electrons. The normalized spacial score (nSPS) is 12.2. The molecule has 0 aliphatic heterocycles. The molecular weight excluding hydrogens is 294 g/mol. The maximum atomic E-state index is 11.5. The Bertz CT molecular complexity index is 310. The summed E-state index contributed by atoms with van der Waals surface area (Å²) in [5.74, 6) is -0.919. The predicted molar refractivity (Wildman–Crippen MR) is 78.9 cm³/mol. The van der Waals surface area contributed by atoms with Crippen molar-refractivity contribution >= 4 is 12.1 Å². The van der Waals surface area contributed by atoms with E-state index in [0.717, 1.165) is 0 Å². The minimum Gasteiger partial charge on any atom is -0.480 e. The monoisotopic (exact) mass is 321 g/mol. The largest absolute Gasteiger partial charge is 0.480 e. The molecule has 0 radical (unpaired) electrons. The molecule has 8 heteroatoms. The van der Waals surface area contributed by atoms with Crippen molar-refractivity contribution in [2.75, 3.05) is 46.8 Å². The van der Waals surface area contributed by atoms with Gasteiger partial charge in [0.05, 0.1) is 33.0 Å². The van der Waals surface area contributed by atoms with Crippen molar-refractivity contribution in [3.63, 3.8) is 0 Å².